The van der Waals surface area contributed by atoms with Crippen molar-refractivity contribution in [3.05, 3.63) is 23.3 Å². The van der Waals surface area contributed by atoms with E-state index < -0.39 is 24.7 Å². The number of ether oxygens (including phenoxy) is 2. The first-order valence-electron chi connectivity index (χ1n) is 7.57. The number of nitrogens with one attached hydrogen (secondary N) is 1. The molecule has 0 fully saturated rings. The van der Waals surface area contributed by atoms with E-state index in [0.717, 1.165) is 11.1 Å². The summed E-state index contributed by atoms with van der Waals surface area (Å²) in [6.45, 7) is 1.35. The van der Waals surface area contributed by atoms with E-state index in [2.05, 4.69) is 0 Å². The average molecular weight is 346 g/mol. The molecule has 1 aromatic carbocycles. The largest absolute Gasteiger partial charge is 0.493 e. The van der Waals surface area contributed by atoms with Crippen LogP contribution in [0.5, 0.6) is 11.5 Å². The van der Waals surface area contributed by atoms with Gasteiger partial charge in [0.25, 0.3) is 0 Å². The average Bonchev–Trinajstić information content (AvgIpc) is 2.56. The van der Waals surface area contributed by atoms with Gasteiger partial charge in [0.05, 0.1) is 20.3 Å². The van der Waals surface area contributed by atoms with Crippen LogP contribution in [0.4, 0.5) is 13.2 Å². The molecule has 1 heterocycles. The monoisotopic (exact) mass is 346 g/mol. The predicted octanol–water partition coefficient (Wildman–Crippen LogP) is 2.13. The van der Waals surface area contributed by atoms with Gasteiger partial charge in [-0.25, -0.2) is 0 Å². The summed E-state index contributed by atoms with van der Waals surface area (Å²) in [5.74, 6) is 0.601. The Labute approximate surface area is 138 Å². The van der Waals surface area contributed by atoms with Crippen LogP contribution in [-0.2, 0) is 17.8 Å². The molecule has 0 saturated heterocycles. The molecule has 0 saturated carbocycles. The molecule has 1 aliphatic rings. The summed E-state index contributed by atoms with van der Waals surface area (Å²) in [6, 6.07) is 3.11. The number of alkyl halides is 3. The van der Waals surface area contributed by atoms with Crippen LogP contribution < -0.4 is 14.8 Å². The van der Waals surface area contributed by atoms with Crippen LogP contribution in [0.2, 0.25) is 0 Å². The second-order valence-electron chi connectivity index (χ2n) is 5.71. The van der Waals surface area contributed by atoms with Crippen molar-refractivity contribution in [1.29, 1.82) is 0 Å². The van der Waals surface area contributed by atoms with Crippen molar-refractivity contribution in [3.8, 4) is 11.5 Å². The molecule has 1 atom stereocenters. The van der Waals surface area contributed by atoms with Crippen molar-refractivity contribution in [3.63, 3.8) is 0 Å². The van der Waals surface area contributed by atoms with Gasteiger partial charge in [-0.2, -0.15) is 13.2 Å². The lowest BCUT2D eigenvalue weighted by atomic mass is 9.97. The first-order chi connectivity index (χ1) is 11.2. The fourth-order valence-electron chi connectivity index (χ4n) is 2.74. The predicted molar refractivity (Wildman–Crippen MR) is 82.2 cm³/mol. The van der Waals surface area contributed by atoms with Gasteiger partial charge in [-0.15, -0.1) is 0 Å². The Kier molecular flexibility index (Phi) is 5.58. The van der Waals surface area contributed by atoms with Crippen LogP contribution in [0, 0.1) is 0 Å². The molecule has 0 aliphatic carbocycles. The van der Waals surface area contributed by atoms with Crippen LogP contribution >= 0.6 is 0 Å². The van der Waals surface area contributed by atoms with Gasteiger partial charge in [0.2, 0.25) is 5.91 Å². The zero-order chi connectivity index (χ0) is 17.9. The molecular weight excluding hydrogens is 325 g/mol. The Morgan fingerprint density at radius 2 is 1.83 bits per heavy atom. The fraction of sp³-hybridized carbons (Fsp3) is 0.562. The highest BCUT2D eigenvalue weighted by molar-refractivity contribution is 5.81. The van der Waals surface area contributed by atoms with E-state index in [-0.39, 0.29) is 0 Å². The summed E-state index contributed by atoms with van der Waals surface area (Å²) in [6.07, 6.45) is -3.72. The van der Waals surface area contributed by atoms with Crippen LogP contribution in [-0.4, -0.2) is 50.3 Å². The summed E-state index contributed by atoms with van der Waals surface area (Å²) in [4.78, 5) is 13.8. The zero-order valence-corrected chi connectivity index (χ0v) is 13.9. The highest BCUT2D eigenvalue weighted by Crippen LogP contribution is 2.33. The first-order valence-corrected chi connectivity index (χ1v) is 7.57. The van der Waals surface area contributed by atoms with Gasteiger partial charge in [0.1, 0.15) is 6.54 Å². The number of benzene rings is 1. The number of hydrogen-bond acceptors (Lipinski definition) is 4. The number of fused-ring (bicyclic) bond motifs is 1. The Hall–Kier alpha value is -1.96. The quantitative estimate of drug-likeness (QED) is 0.887. The third-order valence-corrected chi connectivity index (χ3v) is 4.14. The maximum atomic E-state index is 12.2. The fourth-order valence-corrected chi connectivity index (χ4v) is 2.74. The Balaban J connectivity index is 2.07. The lowest BCUT2D eigenvalue weighted by molar-refractivity contribution is -0.141. The number of nitrogens with zero attached hydrogens (tertiary/aromatic N) is 1. The van der Waals surface area contributed by atoms with E-state index in [1.165, 1.54) is 7.11 Å². The minimum Gasteiger partial charge on any atom is -0.493 e. The van der Waals surface area contributed by atoms with Crippen molar-refractivity contribution in [2.45, 2.75) is 32.1 Å². The molecule has 24 heavy (non-hydrogen) atoms. The molecular formula is C16H21F3N2O3. The molecule has 0 radical (unpaired) electrons. The SMILES string of the molecule is COc1cc2c(cc1OC)CN([C@@H](C)C(=O)NCC(F)(F)F)CC2. The first kappa shape index (κ1) is 18.4. The van der Waals surface area contributed by atoms with E-state index in [1.807, 2.05) is 22.3 Å². The highest BCUT2D eigenvalue weighted by Gasteiger charge is 2.31. The number of carbonyl (C=O) groups excluding carboxylic acids is 1. The third kappa shape index (κ3) is 4.31. The number of methoxy groups -OCH3 is 2. The normalized spacial score (nSPS) is 16.2. The second-order valence-corrected chi connectivity index (χ2v) is 5.71. The number of amides is 1. The third-order valence-electron chi connectivity index (χ3n) is 4.14. The summed E-state index contributed by atoms with van der Waals surface area (Å²) < 4.78 is 47.2. The van der Waals surface area contributed by atoms with Gasteiger partial charge in [0, 0.05) is 13.1 Å². The zero-order valence-electron chi connectivity index (χ0n) is 13.9. The molecule has 0 spiro atoms. The molecule has 0 aromatic heterocycles. The number of hydrogen-bond donors (Lipinski definition) is 1. The van der Waals surface area contributed by atoms with Gasteiger partial charge in [0.15, 0.2) is 11.5 Å². The van der Waals surface area contributed by atoms with Gasteiger partial charge >= 0.3 is 6.18 Å². The van der Waals surface area contributed by atoms with Gasteiger partial charge in [-0.3, -0.25) is 9.69 Å². The van der Waals surface area contributed by atoms with Gasteiger partial charge in [-0.05, 0) is 36.6 Å². The summed E-state index contributed by atoms with van der Waals surface area (Å²) in [5.41, 5.74) is 2.07. The smallest absolute Gasteiger partial charge is 0.405 e. The van der Waals surface area contributed by atoms with E-state index in [4.69, 9.17) is 9.47 Å². The molecule has 5 nitrogen and oxygen atoms in total. The second kappa shape index (κ2) is 7.29. The maximum Gasteiger partial charge on any atom is 0.405 e. The van der Waals surface area contributed by atoms with Crippen LogP contribution in [0.3, 0.4) is 0 Å². The molecule has 8 heteroatoms. The van der Waals surface area contributed by atoms with Gasteiger partial charge < -0.3 is 14.8 Å². The molecule has 0 unspecified atom stereocenters. The Bertz CT molecular complexity index is 605. The van der Waals surface area contributed by atoms with Crippen molar-refractivity contribution in [2.24, 2.45) is 0 Å². The topological polar surface area (TPSA) is 50.8 Å². The molecule has 1 N–H and O–H groups in total. The van der Waals surface area contributed by atoms with Crippen LogP contribution in [0.1, 0.15) is 18.1 Å². The van der Waals surface area contributed by atoms with E-state index in [1.54, 1.807) is 14.0 Å². The summed E-state index contributed by atoms with van der Waals surface area (Å²) >= 11 is 0. The standard InChI is InChI=1S/C16H21F3N2O3/c1-10(15(22)20-9-16(17,18)19)21-5-4-11-6-13(23-2)14(24-3)7-12(11)8-21/h6-7,10H,4-5,8-9H2,1-3H3,(H,20,22)/t10-/m0/s1. The van der Waals surface area contributed by atoms with Crippen LogP contribution in [0.25, 0.3) is 0 Å². The number of carbonyl (C=O) groups is 1. The Morgan fingerprint density at radius 1 is 1.25 bits per heavy atom. The minimum absolute atomic E-state index is 0.469. The van der Waals surface area contributed by atoms with E-state index in [9.17, 15) is 18.0 Å². The lowest BCUT2D eigenvalue weighted by Gasteiger charge is -2.33. The summed E-state index contributed by atoms with van der Waals surface area (Å²) in [5, 5.41) is 1.93. The van der Waals surface area contributed by atoms with Crippen LogP contribution in [0.15, 0.2) is 12.1 Å². The number of halogens is 3. The minimum atomic E-state index is -4.41. The van der Waals surface area contributed by atoms with Crippen molar-refractivity contribution < 1.29 is 27.4 Å². The van der Waals surface area contributed by atoms with Crippen molar-refractivity contribution >= 4 is 5.91 Å². The Morgan fingerprint density at radius 3 is 2.38 bits per heavy atom. The summed E-state index contributed by atoms with van der Waals surface area (Å²) in [7, 11) is 3.10. The molecule has 0 bridgehead atoms. The van der Waals surface area contributed by atoms with E-state index in [0.29, 0.717) is 31.0 Å². The molecule has 134 valence electrons. The molecule has 1 amide bonds. The van der Waals surface area contributed by atoms with Crippen molar-refractivity contribution in [1.82, 2.24) is 10.2 Å². The number of rotatable bonds is 5. The molecule has 1 aliphatic heterocycles. The van der Waals surface area contributed by atoms with Crippen molar-refractivity contribution in [2.75, 3.05) is 27.3 Å². The maximum absolute atomic E-state index is 12.2. The van der Waals surface area contributed by atoms with E-state index >= 15 is 0 Å². The molecule has 2 rings (SSSR count). The van der Waals surface area contributed by atoms with Gasteiger partial charge in [-0.1, -0.05) is 0 Å². The highest BCUT2D eigenvalue weighted by atomic mass is 19.4. The molecule has 1 aromatic rings. The lowest BCUT2D eigenvalue weighted by Crippen LogP contribution is -2.48.